The Morgan fingerprint density at radius 1 is 1.33 bits per heavy atom. The van der Waals surface area contributed by atoms with Gasteiger partial charge < -0.3 is 0 Å². The van der Waals surface area contributed by atoms with E-state index >= 15 is 0 Å². The Balaban J connectivity index is 2.10. The molecule has 0 N–H and O–H groups in total. The van der Waals surface area contributed by atoms with E-state index in [1.54, 1.807) is 12.1 Å². The number of aliphatic imine (C=N–C) groups is 1. The van der Waals surface area contributed by atoms with Gasteiger partial charge in [0.05, 0.1) is 11.7 Å². The van der Waals surface area contributed by atoms with E-state index in [9.17, 15) is 13.2 Å². The summed E-state index contributed by atoms with van der Waals surface area (Å²) in [5.41, 5.74) is 0.912. The number of isocyanates is 1. The Morgan fingerprint density at radius 3 is 3.00 bits per heavy atom. The highest BCUT2D eigenvalue weighted by molar-refractivity contribution is 7.89. The molecule has 1 aromatic heterocycles. The van der Waals surface area contributed by atoms with E-state index in [0.717, 1.165) is 24.6 Å². The van der Waals surface area contributed by atoms with Gasteiger partial charge in [-0.25, -0.2) is 13.2 Å². The van der Waals surface area contributed by atoms with E-state index in [0.29, 0.717) is 24.0 Å². The van der Waals surface area contributed by atoms with Crippen molar-refractivity contribution < 1.29 is 13.2 Å². The van der Waals surface area contributed by atoms with E-state index in [1.165, 1.54) is 16.5 Å². The van der Waals surface area contributed by atoms with E-state index < -0.39 is 16.2 Å². The zero-order valence-electron chi connectivity index (χ0n) is 11.0. The first kappa shape index (κ1) is 14.3. The molecule has 1 aliphatic rings. The molecule has 110 valence electrons. The minimum absolute atomic E-state index is 0.113. The van der Waals surface area contributed by atoms with Crippen molar-refractivity contribution in [2.24, 2.45) is 4.99 Å². The summed E-state index contributed by atoms with van der Waals surface area (Å²) in [4.78, 5) is 14.3. The largest absolute Gasteiger partial charge is 0.247 e. The summed E-state index contributed by atoms with van der Waals surface area (Å²) in [5, 5.41) is 0. The van der Waals surface area contributed by atoms with Crippen LogP contribution in [0.2, 0.25) is 0 Å². The summed E-state index contributed by atoms with van der Waals surface area (Å²) in [6.45, 7) is 0.339. The number of benzene rings is 1. The molecule has 0 saturated carbocycles. The summed E-state index contributed by atoms with van der Waals surface area (Å²) in [6, 6.07) is 4.86. The summed E-state index contributed by atoms with van der Waals surface area (Å²) < 4.78 is 35.1. The number of hydrogen-bond donors (Lipinski definition) is 0. The normalized spacial score (nSPS) is 20.3. The summed E-state index contributed by atoms with van der Waals surface area (Å²) in [7, 11) is -3.77. The maximum Gasteiger partial charge on any atom is 0.247 e. The van der Waals surface area contributed by atoms with Crippen LogP contribution in [0.4, 0.5) is 0 Å². The standard InChI is InChI=1S/C12H12N4O3S2/c17-8-13-11-6-1-2-7-16(11)21(18,19)10-5-3-4-9-12(10)15-20-14-9/h3-5,11H,1-2,6-7H2. The molecule has 7 nitrogen and oxygen atoms in total. The number of fused-ring (bicyclic) bond motifs is 1. The molecular formula is C12H12N4O3S2. The van der Waals surface area contributed by atoms with E-state index in [4.69, 9.17) is 0 Å². The van der Waals surface area contributed by atoms with Gasteiger partial charge in [0, 0.05) is 6.54 Å². The third-order valence-electron chi connectivity index (χ3n) is 3.46. The minimum Gasteiger partial charge on any atom is -0.211 e. The van der Waals surface area contributed by atoms with Crippen molar-refractivity contribution in [1.29, 1.82) is 0 Å². The number of carbonyl (C=O) groups excluding carboxylic acids is 1. The first-order valence-corrected chi connectivity index (χ1v) is 8.62. The van der Waals surface area contributed by atoms with Gasteiger partial charge in [-0.2, -0.15) is 18.0 Å². The van der Waals surface area contributed by atoms with E-state index in [-0.39, 0.29) is 4.90 Å². The molecule has 0 radical (unpaired) electrons. The van der Waals surface area contributed by atoms with Crippen LogP contribution in [-0.2, 0) is 14.8 Å². The molecule has 1 fully saturated rings. The molecule has 21 heavy (non-hydrogen) atoms. The zero-order chi connectivity index (χ0) is 14.9. The average molecular weight is 324 g/mol. The van der Waals surface area contributed by atoms with Gasteiger partial charge in [0.1, 0.15) is 22.1 Å². The fourth-order valence-corrected chi connectivity index (χ4v) is 4.82. The molecule has 0 bridgehead atoms. The lowest BCUT2D eigenvalue weighted by Gasteiger charge is -2.31. The Kier molecular flexibility index (Phi) is 3.81. The molecule has 0 aliphatic carbocycles. The van der Waals surface area contributed by atoms with Crippen LogP contribution in [0.3, 0.4) is 0 Å². The van der Waals surface area contributed by atoms with Crippen LogP contribution in [0.15, 0.2) is 28.1 Å². The molecule has 1 atom stereocenters. The first-order valence-electron chi connectivity index (χ1n) is 6.45. The highest BCUT2D eigenvalue weighted by Crippen LogP contribution is 2.29. The van der Waals surface area contributed by atoms with E-state index in [1.807, 2.05) is 0 Å². The second-order valence-corrected chi connectivity index (χ2v) is 7.09. The van der Waals surface area contributed by atoms with Crippen molar-refractivity contribution in [2.75, 3.05) is 6.54 Å². The quantitative estimate of drug-likeness (QED) is 0.630. The molecule has 1 unspecified atom stereocenters. The lowest BCUT2D eigenvalue weighted by molar-refractivity contribution is 0.259. The lowest BCUT2D eigenvalue weighted by atomic mass is 10.1. The molecular weight excluding hydrogens is 312 g/mol. The van der Waals surface area contributed by atoms with Gasteiger partial charge in [0.15, 0.2) is 0 Å². The number of hydrogen-bond acceptors (Lipinski definition) is 7. The fourth-order valence-electron chi connectivity index (χ4n) is 2.47. The van der Waals surface area contributed by atoms with Gasteiger partial charge in [-0.05, 0) is 31.4 Å². The summed E-state index contributed by atoms with van der Waals surface area (Å²) >= 11 is 0.972. The maximum absolute atomic E-state index is 12.9. The van der Waals surface area contributed by atoms with E-state index in [2.05, 4.69) is 13.7 Å². The van der Waals surface area contributed by atoms with Gasteiger partial charge in [0.2, 0.25) is 16.1 Å². The van der Waals surface area contributed by atoms with Gasteiger partial charge >= 0.3 is 0 Å². The molecule has 2 aromatic rings. The van der Waals surface area contributed by atoms with Crippen molar-refractivity contribution in [3.8, 4) is 0 Å². The van der Waals surface area contributed by atoms with Gasteiger partial charge in [-0.15, -0.1) is 0 Å². The van der Waals surface area contributed by atoms with Crippen molar-refractivity contribution >= 4 is 38.9 Å². The fraction of sp³-hybridized carbons (Fsp3) is 0.417. The van der Waals surface area contributed by atoms with Crippen molar-refractivity contribution in [1.82, 2.24) is 13.1 Å². The summed E-state index contributed by atoms with van der Waals surface area (Å²) in [6.07, 6.45) is 2.90. The molecule has 9 heteroatoms. The number of sulfonamides is 1. The molecule has 3 rings (SSSR count). The zero-order valence-corrected chi connectivity index (χ0v) is 12.6. The van der Waals surface area contributed by atoms with Crippen LogP contribution >= 0.6 is 11.7 Å². The Bertz CT molecular complexity index is 811. The Morgan fingerprint density at radius 2 is 2.19 bits per heavy atom. The molecule has 0 amide bonds. The predicted molar refractivity (Wildman–Crippen MR) is 77.1 cm³/mol. The maximum atomic E-state index is 12.9. The number of aromatic nitrogens is 2. The lowest BCUT2D eigenvalue weighted by Crippen LogP contribution is -2.42. The van der Waals surface area contributed by atoms with Crippen LogP contribution in [0.1, 0.15) is 19.3 Å². The SMILES string of the molecule is O=C=NC1CCCCN1S(=O)(=O)c1cccc2nsnc12. The predicted octanol–water partition coefficient (Wildman–Crippen LogP) is 1.53. The van der Waals surface area contributed by atoms with Crippen LogP contribution in [0.5, 0.6) is 0 Å². The second-order valence-electron chi connectivity index (χ2n) is 4.70. The molecule has 0 spiro atoms. The van der Waals surface area contributed by atoms with Crippen LogP contribution in [0, 0.1) is 0 Å². The van der Waals surface area contributed by atoms with Crippen LogP contribution < -0.4 is 0 Å². The molecule has 1 aromatic carbocycles. The highest BCUT2D eigenvalue weighted by Gasteiger charge is 2.35. The van der Waals surface area contributed by atoms with Gasteiger partial charge in [-0.1, -0.05) is 6.07 Å². The third-order valence-corrected chi connectivity index (χ3v) is 5.93. The Hall–Kier alpha value is -1.67. The van der Waals surface area contributed by atoms with Crippen LogP contribution in [0.25, 0.3) is 11.0 Å². The monoisotopic (exact) mass is 324 g/mol. The highest BCUT2D eigenvalue weighted by atomic mass is 32.2. The van der Waals surface area contributed by atoms with Crippen molar-refractivity contribution in [2.45, 2.75) is 30.3 Å². The molecule has 1 aliphatic heterocycles. The average Bonchev–Trinajstić information content (AvgIpc) is 2.96. The van der Waals surface area contributed by atoms with Crippen molar-refractivity contribution in [3.05, 3.63) is 18.2 Å². The second kappa shape index (κ2) is 5.61. The molecule has 2 heterocycles. The minimum atomic E-state index is -3.77. The third kappa shape index (κ3) is 2.49. The number of nitrogens with zero attached hydrogens (tertiary/aromatic N) is 4. The number of piperidine rings is 1. The first-order chi connectivity index (χ1) is 10.1. The van der Waals surface area contributed by atoms with Crippen molar-refractivity contribution in [3.63, 3.8) is 0 Å². The molecule has 1 saturated heterocycles. The topological polar surface area (TPSA) is 92.6 Å². The number of rotatable bonds is 3. The van der Waals surface area contributed by atoms with Gasteiger partial charge in [0.25, 0.3) is 0 Å². The smallest absolute Gasteiger partial charge is 0.211 e. The van der Waals surface area contributed by atoms with Crippen LogP contribution in [-0.4, -0.2) is 40.3 Å². The van der Waals surface area contributed by atoms with Gasteiger partial charge in [-0.3, -0.25) is 0 Å². The Labute approximate surface area is 125 Å². The summed E-state index contributed by atoms with van der Waals surface area (Å²) in [5.74, 6) is 0.